The first kappa shape index (κ1) is 13.8. The lowest BCUT2D eigenvalue weighted by molar-refractivity contribution is -0.146. The summed E-state index contributed by atoms with van der Waals surface area (Å²) in [6.45, 7) is 4.26. The monoisotopic (exact) mass is 238 g/mol. The highest BCUT2D eigenvalue weighted by Gasteiger charge is 2.17. The Morgan fingerprint density at radius 2 is 2.18 bits per heavy atom. The molecular weight excluding hydrogens is 216 g/mol. The molecule has 0 aromatic carbocycles. The zero-order valence-corrected chi connectivity index (χ0v) is 10.7. The third kappa shape index (κ3) is 5.07. The summed E-state index contributed by atoms with van der Waals surface area (Å²) < 4.78 is 5.04. The number of ether oxygens (including phenoxy) is 1. The Morgan fingerprint density at radius 3 is 2.88 bits per heavy atom. The van der Waals surface area contributed by atoms with Crippen LogP contribution in [-0.4, -0.2) is 17.7 Å². The first-order valence-corrected chi connectivity index (χ1v) is 6.35. The summed E-state index contributed by atoms with van der Waals surface area (Å²) in [4.78, 5) is 11.7. The second kappa shape index (κ2) is 7.15. The van der Waals surface area contributed by atoms with E-state index in [1.165, 1.54) is 5.57 Å². The molecule has 0 bridgehead atoms. The molecule has 0 aliphatic heterocycles. The molecule has 0 aromatic rings. The molecule has 0 spiro atoms. The number of hydrogen-bond acceptors (Lipinski definition) is 3. The highest BCUT2D eigenvalue weighted by molar-refractivity contribution is 5.74. The van der Waals surface area contributed by atoms with E-state index >= 15 is 0 Å². The quantitative estimate of drug-likeness (QED) is 0.591. The average Bonchev–Trinajstić information content (AvgIpc) is 2.30. The van der Waals surface area contributed by atoms with Crippen molar-refractivity contribution in [3.63, 3.8) is 0 Å². The van der Waals surface area contributed by atoms with Crippen LogP contribution in [0.2, 0.25) is 0 Å². The average molecular weight is 238 g/mol. The van der Waals surface area contributed by atoms with Crippen LogP contribution < -0.4 is 0 Å². The summed E-state index contributed by atoms with van der Waals surface area (Å²) >= 11 is 0. The number of carbonyl (C=O) groups is 1. The largest absolute Gasteiger partial charge is 0.513 e. The van der Waals surface area contributed by atoms with E-state index in [9.17, 15) is 9.90 Å². The molecule has 1 N–H and O–H groups in total. The molecule has 0 aromatic heterocycles. The maximum absolute atomic E-state index is 11.7. The van der Waals surface area contributed by atoms with Crippen LogP contribution in [0, 0.1) is 5.92 Å². The van der Waals surface area contributed by atoms with Gasteiger partial charge in [0.1, 0.15) is 0 Å². The van der Waals surface area contributed by atoms with Crippen molar-refractivity contribution >= 4 is 5.97 Å². The summed E-state index contributed by atoms with van der Waals surface area (Å²) in [7, 11) is 0. The molecule has 0 amide bonds. The minimum atomic E-state index is -0.254. The number of rotatable bonds is 2. The van der Waals surface area contributed by atoms with E-state index in [4.69, 9.17) is 4.74 Å². The highest BCUT2D eigenvalue weighted by atomic mass is 16.5. The van der Waals surface area contributed by atoms with Gasteiger partial charge in [0.2, 0.25) is 0 Å². The Morgan fingerprint density at radius 1 is 1.47 bits per heavy atom. The lowest BCUT2D eigenvalue weighted by Crippen LogP contribution is -2.16. The molecule has 3 heteroatoms. The molecule has 0 heterocycles. The summed E-state index contributed by atoms with van der Waals surface area (Å²) in [6, 6.07) is 0. The highest BCUT2D eigenvalue weighted by Crippen LogP contribution is 2.20. The van der Waals surface area contributed by atoms with E-state index in [1.807, 2.05) is 13.0 Å². The molecule has 0 saturated heterocycles. The van der Waals surface area contributed by atoms with E-state index < -0.39 is 0 Å². The predicted octanol–water partition coefficient (Wildman–Crippen LogP) is 3.52. The van der Waals surface area contributed by atoms with Crippen LogP contribution in [0.25, 0.3) is 0 Å². The second-order valence-corrected chi connectivity index (χ2v) is 4.51. The third-order valence-corrected chi connectivity index (χ3v) is 2.94. The third-order valence-electron chi connectivity index (χ3n) is 2.94. The van der Waals surface area contributed by atoms with Crippen molar-refractivity contribution in [2.45, 2.75) is 46.0 Å². The predicted molar refractivity (Wildman–Crippen MR) is 67.7 cm³/mol. The van der Waals surface area contributed by atoms with Gasteiger partial charge in [-0.3, -0.25) is 4.79 Å². The van der Waals surface area contributed by atoms with Crippen molar-refractivity contribution in [2.75, 3.05) is 6.61 Å². The van der Waals surface area contributed by atoms with Gasteiger partial charge in [0.15, 0.2) is 0 Å². The molecule has 0 saturated carbocycles. The van der Waals surface area contributed by atoms with Crippen molar-refractivity contribution < 1.29 is 14.6 Å². The smallest absolute Gasteiger partial charge is 0.313 e. The summed E-state index contributed by atoms with van der Waals surface area (Å²) in [6.07, 6.45) is 8.01. The van der Waals surface area contributed by atoms with E-state index in [1.54, 1.807) is 6.08 Å². The van der Waals surface area contributed by atoms with Crippen LogP contribution in [0.4, 0.5) is 0 Å². The summed E-state index contributed by atoms with van der Waals surface area (Å²) in [5.41, 5.74) is 1.23. The number of aliphatic hydroxyl groups excluding tert-OH is 1. The second-order valence-electron chi connectivity index (χ2n) is 4.51. The van der Waals surface area contributed by atoms with Crippen molar-refractivity contribution in [3.8, 4) is 0 Å². The van der Waals surface area contributed by atoms with Crippen molar-refractivity contribution in [1.29, 1.82) is 0 Å². The maximum Gasteiger partial charge on any atom is 0.313 e. The van der Waals surface area contributed by atoms with Crippen molar-refractivity contribution in [1.82, 2.24) is 0 Å². The van der Waals surface area contributed by atoms with Crippen molar-refractivity contribution in [2.24, 2.45) is 5.92 Å². The zero-order valence-electron chi connectivity index (χ0n) is 10.7. The fourth-order valence-electron chi connectivity index (χ4n) is 1.98. The number of hydrogen-bond donors (Lipinski definition) is 1. The zero-order chi connectivity index (χ0) is 12.7. The Balaban J connectivity index is 2.77. The van der Waals surface area contributed by atoms with E-state index in [0.717, 1.165) is 19.3 Å². The minimum absolute atomic E-state index is 0.198. The van der Waals surface area contributed by atoms with E-state index in [0.29, 0.717) is 25.2 Å². The van der Waals surface area contributed by atoms with Gasteiger partial charge in [-0.15, -0.1) is 0 Å². The Hall–Kier alpha value is -1.25. The van der Waals surface area contributed by atoms with Crippen LogP contribution in [0.5, 0.6) is 0 Å². The van der Waals surface area contributed by atoms with Crippen LogP contribution in [-0.2, 0) is 9.53 Å². The summed E-state index contributed by atoms with van der Waals surface area (Å²) in [5.74, 6) is -0.0566. The molecule has 96 valence electrons. The fraction of sp³-hybridized carbons (Fsp3) is 0.643. The number of allylic oxidation sites excluding steroid dienone is 3. The summed E-state index contributed by atoms with van der Waals surface area (Å²) in [5, 5.41) is 9.61. The molecule has 1 aliphatic carbocycles. The van der Waals surface area contributed by atoms with Gasteiger partial charge in [-0.2, -0.15) is 0 Å². The number of carbonyl (C=O) groups excluding carboxylic acids is 1. The van der Waals surface area contributed by atoms with Crippen LogP contribution in [0.3, 0.4) is 0 Å². The van der Waals surface area contributed by atoms with Gasteiger partial charge in [-0.25, -0.2) is 0 Å². The number of aliphatic hydroxyl groups is 1. The van der Waals surface area contributed by atoms with E-state index in [-0.39, 0.29) is 11.9 Å². The molecule has 1 unspecified atom stereocenters. The lowest BCUT2D eigenvalue weighted by Gasteiger charge is -2.13. The maximum atomic E-state index is 11.7. The van der Waals surface area contributed by atoms with Gasteiger partial charge in [0.05, 0.1) is 18.3 Å². The van der Waals surface area contributed by atoms with E-state index in [2.05, 4.69) is 6.92 Å². The fourth-order valence-corrected chi connectivity index (χ4v) is 1.98. The first-order chi connectivity index (χ1) is 8.13. The Bertz CT molecular complexity index is 315. The number of esters is 1. The molecule has 1 atom stereocenters. The SMILES string of the molecule is CCOC(=O)C1/C=C(\C)CCCC/C(O)=C\C1. The Labute approximate surface area is 103 Å². The van der Waals surface area contributed by atoms with Gasteiger partial charge >= 0.3 is 5.97 Å². The minimum Gasteiger partial charge on any atom is -0.513 e. The topological polar surface area (TPSA) is 46.5 Å². The molecule has 3 nitrogen and oxygen atoms in total. The van der Waals surface area contributed by atoms with Gasteiger partial charge < -0.3 is 9.84 Å². The molecule has 0 fully saturated rings. The van der Waals surface area contributed by atoms with Crippen LogP contribution in [0.15, 0.2) is 23.5 Å². The van der Waals surface area contributed by atoms with Crippen LogP contribution >= 0.6 is 0 Å². The first-order valence-electron chi connectivity index (χ1n) is 6.35. The Kier molecular flexibility index (Phi) is 5.81. The van der Waals surface area contributed by atoms with Gasteiger partial charge in [0, 0.05) is 6.42 Å². The van der Waals surface area contributed by atoms with Gasteiger partial charge in [0.25, 0.3) is 0 Å². The van der Waals surface area contributed by atoms with Gasteiger partial charge in [-0.1, -0.05) is 11.6 Å². The van der Waals surface area contributed by atoms with Gasteiger partial charge in [-0.05, 0) is 45.6 Å². The lowest BCUT2D eigenvalue weighted by atomic mass is 9.97. The molecule has 0 radical (unpaired) electrons. The molecule has 17 heavy (non-hydrogen) atoms. The normalized spacial score (nSPS) is 28.5. The van der Waals surface area contributed by atoms with Crippen LogP contribution in [0.1, 0.15) is 46.0 Å². The standard InChI is InChI=1S/C14H22O3/c1-3-17-14(16)12-8-9-13(15)7-5-4-6-11(2)10-12/h9-10,12,15H,3-8H2,1-2H3/b11-10+,13-9+. The van der Waals surface area contributed by atoms with Crippen molar-refractivity contribution in [3.05, 3.63) is 23.5 Å². The molecule has 1 aliphatic rings. The molecular formula is C14H22O3. The molecule has 1 rings (SSSR count).